The summed E-state index contributed by atoms with van der Waals surface area (Å²) in [6.07, 6.45) is -0.685. The van der Waals surface area contributed by atoms with Gasteiger partial charge >= 0.3 is 12.0 Å². The summed E-state index contributed by atoms with van der Waals surface area (Å²) in [5.74, 6) is -1.08. The van der Waals surface area contributed by atoms with Crippen molar-refractivity contribution in [1.29, 1.82) is 0 Å². The van der Waals surface area contributed by atoms with Crippen LogP contribution in [0.2, 0.25) is 0 Å². The third-order valence-corrected chi connectivity index (χ3v) is 4.13. The molecule has 6 nitrogen and oxygen atoms in total. The van der Waals surface area contributed by atoms with Crippen LogP contribution in [0.4, 0.5) is 4.79 Å². The number of aliphatic hydroxyl groups is 1. The van der Waals surface area contributed by atoms with E-state index in [0.717, 1.165) is 11.1 Å². The lowest BCUT2D eigenvalue weighted by molar-refractivity contribution is -0.141. The molecule has 1 saturated heterocycles. The fourth-order valence-electron chi connectivity index (χ4n) is 2.11. The van der Waals surface area contributed by atoms with Crippen LogP contribution in [-0.4, -0.2) is 45.8 Å². The number of aryl methyl sites for hydroxylation is 1. The van der Waals surface area contributed by atoms with Gasteiger partial charge in [0.1, 0.15) is 6.04 Å². The summed E-state index contributed by atoms with van der Waals surface area (Å²) in [6, 6.07) is -1.40. The van der Waals surface area contributed by atoms with E-state index < -0.39 is 24.1 Å². The maximum absolute atomic E-state index is 12.0. The van der Waals surface area contributed by atoms with Gasteiger partial charge in [-0.1, -0.05) is 0 Å². The minimum Gasteiger partial charge on any atom is -0.480 e. The fourth-order valence-corrected chi connectivity index (χ4v) is 2.97. The van der Waals surface area contributed by atoms with E-state index in [1.165, 1.54) is 4.90 Å². The van der Waals surface area contributed by atoms with Crippen molar-refractivity contribution >= 4 is 23.3 Å². The number of carboxylic acid groups (broad SMARTS) is 1. The first-order valence-electron chi connectivity index (χ1n) is 5.96. The number of carboxylic acids is 1. The average Bonchev–Trinajstić information content (AvgIpc) is 2.92. The molecule has 2 atom stereocenters. The van der Waals surface area contributed by atoms with Crippen molar-refractivity contribution in [3.05, 3.63) is 21.9 Å². The molecule has 3 N–H and O–H groups in total. The van der Waals surface area contributed by atoms with Gasteiger partial charge in [-0.25, -0.2) is 9.59 Å². The Morgan fingerprint density at radius 3 is 2.84 bits per heavy atom. The molecule has 2 amide bonds. The van der Waals surface area contributed by atoms with E-state index in [-0.39, 0.29) is 13.0 Å². The zero-order valence-electron chi connectivity index (χ0n) is 10.5. The number of aliphatic hydroxyl groups excluding tert-OH is 1. The number of thiophene rings is 1. The number of urea groups is 1. The van der Waals surface area contributed by atoms with Crippen molar-refractivity contribution < 1.29 is 19.8 Å². The number of likely N-dealkylation sites (tertiary alicyclic amines) is 1. The van der Waals surface area contributed by atoms with Crippen LogP contribution in [-0.2, 0) is 11.3 Å². The Hall–Kier alpha value is -1.60. The molecule has 1 aromatic rings. The number of β-amino-alcohol motifs (C(OH)–C–C–N with tert-alkyl or cyclic N) is 1. The Kier molecular flexibility index (Phi) is 4.06. The summed E-state index contributed by atoms with van der Waals surface area (Å²) in [5.41, 5.74) is 2.12. The maximum Gasteiger partial charge on any atom is 0.326 e. The molecule has 1 aliphatic rings. The number of nitrogens with zero attached hydrogens (tertiary/aromatic N) is 1. The van der Waals surface area contributed by atoms with Gasteiger partial charge in [0.25, 0.3) is 0 Å². The van der Waals surface area contributed by atoms with Crippen LogP contribution in [0.25, 0.3) is 0 Å². The lowest BCUT2D eigenvalue weighted by Crippen LogP contribution is -2.45. The molecule has 104 valence electrons. The van der Waals surface area contributed by atoms with E-state index in [2.05, 4.69) is 5.32 Å². The topological polar surface area (TPSA) is 89.9 Å². The summed E-state index contributed by atoms with van der Waals surface area (Å²) in [6.45, 7) is 2.39. The Labute approximate surface area is 114 Å². The first-order valence-corrected chi connectivity index (χ1v) is 6.90. The molecule has 0 saturated carbocycles. The maximum atomic E-state index is 12.0. The van der Waals surface area contributed by atoms with Gasteiger partial charge in [0.2, 0.25) is 0 Å². The molecule has 0 bridgehead atoms. The number of nitrogens with one attached hydrogen (secondary N) is 1. The molecule has 19 heavy (non-hydrogen) atoms. The van der Waals surface area contributed by atoms with Crippen molar-refractivity contribution in [3.63, 3.8) is 0 Å². The molecular formula is C12H16N2O4S. The molecule has 0 aromatic carbocycles. The van der Waals surface area contributed by atoms with Gasteiger partial charge in [0.15, 0.2) is 0 Å². The first kappa shape index (κ1) is 13.8. The highest BCUT2D eigenvalue weighted by Crippen LogP contribution is 2.19. The smallest absolute Gasteiger partial charge is 0.326 e. The van der Waals surface area contributed by atoms with E-state index in [1.807, 2.05) is 17.7 Å². The largest absolute Gasteiger partial charge is 0.480 e. The SMILES string of the molecule is Cc1cscc1CNC(=O)N1CC(O)CC1C(=O)O. The lowest BCUT2D eigenvalue weighted by Gasteiger charge is -2.21. The third kappa shape index (κ3) is 3.05. The molecule has 2 unspecified atom stereocenters. The molecule has 1 aliphatic heterocycles. The van der Waals surface area contributed by atoms with E-state index in [9.17, 15) is 14.7 Å². The predicted molar refractivity (Wildman–Crippen MR) is 70.0 cm³/mol. The van der Waals surface area contributed by atoms with Gasteiger partial charge in [-0.05, 0) is 28.8 Å². The summed E-state index contributed by atoms with van der Waals surface area (Å²) < 4.78 is 0. The van der Waals surface area contributed by atoms with E-state index in [0.29, 0.717) is 6.54 Å². The Bertz CT molecular complexity index is 488. The number of rotatable bonds is 3. The number of carbonyl (C=O) groups is 2. The second-order valence-electron chi connectivity index (χ2n) is 4.63. The third-order valence-electron chi connectivity index (χ3n) is 3.22. The van der Waals surface area contributed by atoms with Crippen molar-refractivity contribution in [1.82, 2.24) is 10.2 Å². The Balaban J connectivity index is 1.96. The van der Waals surface area contributed by atoms with Gasteiger partial charge < -0.3 is 20.4 Å². The summed E-state index contributed by atoms with van der Waals surface area (Å²) in [5, 5.41) is 25.1. The van der Waals surface area contributed by atoms with Gasteiger partial charge in [0.05, 0.1) is 6.10 Å². The normalized spacial score (nSPS) is 22.5. The second kappa shape index (κ2) is 5.58. The Morgan fingerprint density at radius 1 is 1.53 bits per heavy atom. The van der Waals surface area contributed by atoms with Crippen LogP contribution in [0.3, 0.4) is 0 Å². The van der Waals surface area contributed by atoms with Crippen molar-refractivity contribution in [3.8, 4) is 0 Å². The molecule has 0 spiro atoms. The van der Waals surface area contributed by atoms with Gasteiger partial charge in [-0.3, -0.25) is 0 Å². The highest BCUT2D eigenvalue weighted by molar-refractivity contribution is 7.08. The fraction of sp³-hybridized carbons (Fsp3) is 0.500. The average molecular weight is 284 g/mol. The Morgan fingerprint density at radius 2 is 2.26 bits per heavy atom. The van der Waals surface area contributed by atoms with Crippen molar-refractivity contribution in [2.75, 3.05) is 6.54 Å². The molecule has 0 radical (unpaired) electrons. The standard InChI is InChI=1S/C12H16N2O4S/c1-7-5-19-6-8(7)3-13-12(18)14-4-9(15)2-10(14)11(16)17/h5-6,9-10,15H,2-4H2,1H3,(H,13,18)(H,16,17). The molecule has 2 rings (SSSR count). The van der Waals surface area contributed by atoms with Gasteiger partial charge in [-0.15, -0.1) is 0 Å². The van der Waals surface area contributed by atoms with Crippen LogP contribution >= 0.6 is 11.3 Å². The number of amides is 2. The van der Waals surface area contributed by atoms with Crippen molar-refractivity contribution in [2.45, 2.75) is 32.0 Å². The molecule has 7 heteroatoms. The number of aliphatic carboxylic acids is 1. The zero-order chi connectivity index (χ0) is 14.0. The zero-order valence-corrected chi connectivity index (χ0v) is 11.3. The van der Waals surface area contributed by atoms with Gasteiger partial charge in [0, 0.05) is 19.5 Å². The second-order valence-corrected chi connectivity index (χ2v) is 5.38. The predicted octanol–water partition coefficient (Wildman–Crippen LogP) is 0.786. The number of hydrogen-bond acceptors (Lipinski definition) is 4. The van der Waals surface area contributed by atoms with Crippen LogP contribution in [0.15, 0.2) is 10.8 Å². The van der Waals surface area contributed by atoms with E-state index in [4.69, 9.17) is 5.11 Å². The summed E-state index contributed by atoms with van der Waals surface area (Å²) in [7, 11) is 0. The number of hydrogen-bond donors (Lipinski definition) is 3. The van der Waals surface area contributed by atoms with Crippen LogP contribution in [0, 0.1) is 6.92 Å². The van der Waals surface area contributed by atoms with Crippen LogP contribution < -0.4 is 5.32 Å². The quantitative estimate of drug-likeness (QED) is 0.765. The lowest BCUT2D eigenvalue weighted by atomic mass is 10.2. The monoisotopic (exact) mass is 284 g/mol. The summed E-state index contributed by atoms with van der Waals surface area (Å²) in [4.78, 5) is 24.1. The van der Waals surface area contributed by atoms with Crippen LogP contribution in [0.5, 0.6) is 0 Å². The molecule has 1 fully saturated rings. The van der Waals surface area contributed by atoms with Crippen molar-refractivity contribution in [2.24, 2.45) is 0 Å². The minimum absolute atomic E-state index is 0.0609. The highest BCUT2D eigenvalue weighted by Gasteiger charge is 2.38. The summed E-state index contributed by atoms with van der Waals surface area (Å²) >= 11 is 1.56. The van der Waals surface area contributed by atoms with Crippen LogP contribution in [0.1, 0.15) is 17.5 Å². The van der Waals surface area contributed by atoms with E-state index in [1.54, 1.807) is 11.3 Å². The van der Waals surface area contributed by atoms with Gasteiger partial charge in [-0.2, -0.15) is 11.3 Å². The highest BCUT2D eigenvalue weighted by atomic mass is 32.1. The first-order chi connectivity index (χ1) is 8.99. The molecule has 2 heterocycles. The van der Waals surface area contributed by atoms with E-state index >= 15 is 0 Å². The number of carbonyl (C=O) groups excluding carboxylic acids is 1. The minimum atomic E-state index is -1.08. The molecule has 0 aliphatic carbocycles. The molecule has 1 aromatic heterocycles. The molecular weight excluding hydrogens is 268 g/mol.